The summed E-state index contributed by atoms with van der Waals surface area (Å²) in [5.74, 6) is 0. The molecular weight excluding hydrogens is 136 g/mol. The molecule has 2 heteroatoms. The van der Waals surface area contributed by atoms with Crippen molar-refractivity contribution in [3.8, 4) is 0 Å². The number of nitrogens with one attached hydrogen (secondary N) is 1. The molecule has 0 radical (unpaired) electrons. The van der Waals surface area contributed by atoms with Gasteiger partial charge in [0.05, 0.1) is 0 Å². The molecule has 0 aromatic heterocycles. The lowest BCUT2D eigenvalue weighted by Gasteiger charge is -2.02. The van der Waals surface area contributed by atoms with E-state index in [4.69, 9.17) is 5.73 Å². The lowest BCUT2D eigenvalue weighted by Crippen LogP contribution is -2.13. The molecule has 0 heterocycles. The quantitative estimate of drug-likeness (QED) is 0.594. The Bertz CT molecular complexity index is 178. The Morgan fingerprint density at radius 3 is 2.64 bits per heavy atom. The topological polar surface area (TPSA) is 38.0 Å². The Hall–Kier alpha value is -1.02. The molecule has 0 aromatic rings. The molecule has 62 valence electrons. The van der Waals surface area contributed by atoms with Crippen LogP contribution in [0.15, 0.2) is 36.1 Å². The third-order valence-electron chi connectivity index (χ3n) is 1.33. The molecule has 2 nitrogen and oxygen atoms in total. The number of rotatable bonds is 4. The molecule has 0 aliphatic carbocycles. The summed E-state index contributed by atoms with van der Waals surface area (Å²) in [7, 11) is 1.89. The predicted molar refractivity (Wildman–Crippen MR) is 50.2 cm³/mol. The van der Waals surface area contributed by atoms with E-state index >= 15 is 0 Å². The zero-order valence-corrected chi connectivity index (χ0v) is 7.22. The Morgan fingerprint density at radius 2 is 2.27 bits per heavy atom. The van der Waals surface area contributed by atoms with Gasteiger partial charge in [0.1, 0.15) is 0 Å². The van der Waals surface area contributed by atoms with Gasteiger partial charge in [-0.2, -0.15) is 0 Å². The highest BCUT2D eigenvalue weighted by atomic mass is 14.8. The van der Waals surface area contributed by atoms with Crippen LogP contribution in [-0.2, 0) is 0 Å². The number of likely N-dealkylation sites (N-methyl/N-ethyl adjacent to an activating group) is 1. The van der Waals surface area contributed by atoms with Gasteiger partial charge in [-0.15, -0.1) is 0 Å². The number of hydrogen-bond acceptors (Lipinski definition) is 2. The van der Waals surface area contributed by atoms with Gasteiger partial charge in [-0.3, -0.25) is 0 Å². The Kier molecular flexibility index (Phi) is 5.21. The van der Waals surface area contributed by atoms with Crippen LogP contribution in [0.1, 0.15) is 6.92 Å². The van der Waals surface area contributed by atoms with Crippen LogP contribution >= 0.6 is 0 Å². The third kappa shape index (κ3) is 3.63. The van der Waals surface area contributed by atoms with Crippen molar-refractivity contribution in [2.45, 2.75) is 6.92 Å². The van der Waals surface area contributed by atoms with E-state index in [1.54, 1.807) is 6.08 Å². The molecule has 0 unspecified atom stereocenters. The minimum atomic E-state index is 0.734. The molecule has 11 heavy (non-hydrogen) atoms. The van der Waals surface area contributed by atoms with E-state index in [1.807, 2.05) is 26.1 Å². The van der Waals surface area contributed by atoms with Crippen LogP contribution in [0.3, 0.4) is 0 Å². The van der Waals surface area contributed by atoms with Crippen LogP contribution in [0, 0.1) is 0 Å². The van der Waals surface area contributed by atoms with E-state index in [2.05, 4.69) is 11.9 Å². The van der Waals surface area contributed by atoms with Gasteiger partial charge in [0.25, 0.3) is 0 Å². The highest BCUT2D eigenvalue weighted by molar-refractivity contribution is 5.30. The minimum absolute atomic E-state index is 0.734. The summed E-state index contributed by atoms with van der Waals surface area (Å²) in [5.41, 5.74) is 7.47. The van der Waals surface area contributed by atoms with Gasteiger partial charge in [-0.05, 0) is 25.6 Å². The molecule has 0 rings (SSSR count). The van der Waals surface area contributed by atoms with Gasteiger partial charge in [-0.25, -0.2) is 0 Å². The predicted octanol–water partition coefficient (Wildman–Crippen LogP) is 1.18. The van der Waals surface area contributed by atoms with Crippen LogP contribution in [0.2, 0.25) is 0 Å². The van der Waals surface area contributed by atoms with Crippen molar-refractivity contribution in [2.75, 3.05) is 13.6 Å². The van der Waals surface area contributed by atoms with Crippen molar-refractivity contribution in [2.24, 2.45) is 5.73 Å². The van der Waals surface area contributed by atoms with Crippen molar-refractivity contribution in [3.63, 3.8) is 0 Å². The Morgan fingerprint density at radius 1 is 1.64 bits per heavy atom. The van der Waals surface area contributed by atoms with Crippen LogP contribution in [0.4, 0.5) is 0 Å². The fourth-order valence-electron chi connectivity index (χ4n) is 0.780. The summed E-state index contributed by atoms with van der Waals surface area (Å²) >= 11 is 0. The van der Waals surface area contributed by atoms with Crippen molar-refractivity contribution < 1.29 is 0 Å². The summed E-state index contributed by atoms with van der Waals surface area (Å²) in [5, 5.41) is 3.03. The van der Waals surface area contributed by atoms with Crippen LogP contribution in [-0.4, -0.2) is 13.6 Å². The lowest BCUT2D eigenvalue weighted by atomic mass is 10.2. The zero-order valence-electron chi connectivity index (χ0n) is 7.22. The minimum Gasteiger partial charge on any atom is -0.398 e. The van der Waals surface area contributed by atoms with E-state index in [9.17, 15) is 0 Å². The lowest BCUT2D eigenvalue weighted by molar-refractivity contribution is 0.887. The van der Waals surface area contributed by atoms with Gasteiger partial charge >= 0.3 is 0 Å². The Labute approximate surface area is 68.5 Å². The van der Waals surface area contributed by atoms with E-state index in [1.165, 1.54) is 0 Å². The maximum absolute atomic E-state index is 5.66. The summed E-state index contributed by atoms with van der Waals surface area (Å²) in [6.07, 6.45) is 5.60. The van der Waals surface area contributed by atoms with E-state index in [0.717, 1.165) is 17.8 Å². The number of nitrogens with two attached hydrogens (primary N) is 1. The first-order valence-electron chi connectivity index (χ1n) is 3.64. The summed E-state index contributed by atoms with van der Waals surface area (Å²) in [6, 6.07) is 0. The first-order valence-corrected chi connectivity index (χ1v) is 3.64. The number of allylic oxidation sites excluding steroid dienone is 2. The van der Waals surface area contributed by atoms with Crippen molar-refractivity contribution in [3.05, 3.63) is 36.1 Å². The second-order valence-electron chi connectivity index (χ2n) is 2.22. The van der Waals surface area contributed by atoms with Crippen molar-refractivity contribution >= 4 is 0 Å². The third-order valence-corrected chi connectivity index (χ3v) is 1.33. The highest BCUT2D eigenvalue weighted by Gasteiger charge is 1.93. The fraction of sp³-hybridized carbons (Fsp3) is 0.333. The SMILES string of the molecule is C=C/C(N)=C(\C=C/C)CNC. The zero-order chi connectivity index (χ0) is 8.69. The summed E-state index contributed by atoms with van der Waals surface area (Å²) < 4.78 is 0. The second-order valence-corrected chi connectivity index (χ2v) is 2.22. The fourth-order valence-corrected chi connectivity index (χ4v) is 0.780. The maximum Gasteiger partial charge on any atom is 0.0353 e. The molecule has 0 fully saturated rings. The average Bonchev–Trinajstić information content (AvgIpc) is 2.03. The monoisotopic (exact) mass is 152 g/mol. The van der Waals surface area contributed by atoms with Gasteiger partial charge in [-0.1, -0.05) is 18.7 Å². The molecule has 3 N–H and O–H groups in total. The van der Waals surface area contributed by atoms with Crippen LogP contribution in [0.5, 0.6) is 0 Å². The van der Waals surface area contributed by atoms with Crippen molar-refractivity contribution in [1.82, 2.24) is 5.32 Å². The molecule has 0 bridgehead atoms. The second kappa shape index (κ2) is 5.74. The van der Waals surface area contributed by atoms with Crippen LogP contribution < -0.4 is 11.1 Å². The number of hydrogen-bond donors (Lipinski definition) is 2. The van der Waals surface area contributed by atoms with Gasteiger partial charge < -0.3 is 11.1 Å². The molecule has 0 atom stereocenters. The van der Waals surface area contributed by atoms with Gasteiger partial charge in [0.2, 0.25) is 0 Å². The van der Waals surface area contributed by atoms with Gasteiger partial charge in [0.15, 0.2) is 0 Å². The van der Waals surface area contributed by atoms with E-state index < -0.39 is 0 Å². The van der Waals surface area contributed by atoms with E-state index in [-0.39, 0.29) is 0 Å². The molecule has 0 saturated heterocycles. The van der Waals surface area contributed by atoms with Crippen LogP contribution in [0.25, 0.3) is 0 Å². The van der Waals surface area contributed by atoms with Gasteiger partial charge in [0, 0.05) is 12.2 Å². The molecule has 0 aromatic carbocycles. The van der Waals surface area contributed by atoms with E-state index in [0.29, 0.717) is 0 Å². The molecule has 0 aliphatic heterocycles. The molecular formula is C9H16N2. The maximum atomic E-state index is 5.66. The normalized spacial score (nSPS) is 13.3. The summed E-state index contributed by atoms with van der Waals surface area (Å²) in [4.78, 5) is 0. The van der Waals surface area contributed by atoms with Crippen molar-refractivity contribution in [1.29, 1.82) is 0 Å². The smallest absolute Gasteiger partial charge is 0.0353 e. The highest BCUT2D eigenvalue weighted by Crippen LogP contribution is 2.00. The molecule has 0 saturated carbocycles. The Balaban J connectivity index is 4.42. The standard InChI is InChI=1S/C9H16N2/c1-4-6-8(7-11-3)9(10)5-2/h4-6,11H,2,7,10H2,1,3H3/b6-4-,9-8-. The largest absolute Gasteiger partial charge is 0.398 e. The first kappa shape index (κ1) is 9.98. The first-order chi connectivity index (χ1) is 5.26. The summed E-state index contributed by atoms with van der Waals surface area (Å²) in [6.45, 7) is 6.35. The molecule has 0 aliphatic rings. The average molecular weight is 152 g/mol. The molecule has 0 amide bonds. The molecule has 0 spiro atoms.